The molecule has 0 bridgehead atoms. The van der Waals surface area contributed by atoms with Crippen LogP contribution in [-0.2, 0) is 17.6 Å². The van der Waals surface area contributed by atoms with Gasteiger partial charge in [-0.1, -0.05) is 108 Å². The van der Waals surface area contributed by atoms with E-state index < -0.39 is 6.16 Å². The van der Waals surface area contributed by atoms with E-state index >= 15 is 0 Å². The van der Waals surface area contributed by atoms with Crippen LogP contribution >= 0.6 is 0 Å². The van der Waals surface area contributed by atoms with Crippen molar-refractivity contribution in [1.82, 2.24) is 0 Å². The molecule has 0 heterocycles. The number of ether oxygens (including phenoxy) is 2. The van der Waals surface area contributed by atoms with Gasteiger partial charge in [0.25, 0.3) is 0 Å². The zero-order valence-corrected chi connectivity index (χ0v) is 21.1. The maximum Gasteiger partial charge on any atom is 0.514 e. The third-order valence-corrected chi connectivity index (χ3v) is 6.23. The average molecular weight is 453 g/mol. The van der Waals surface area contributed by atoms with E-state index in [1.54, 1.807) is 0 Å². The smallest absolute Gasteiger partial charge is 0.426 e. The van der Waals surface area contributed by atoms with Crippen molar-refractivity contribution in [2.45, 2.75) is 110 Å². The van der Waals surface area contributed by atoms with Gasteiger partial charge in [0.2, 0.25) is 0 Å². The number of unbranched alkanes of at least 4 members (excludes halogenated alkanes) is 7. The average Bonchev–Trinajstić information content (AvgIpc) is 2.84. The Labute approximate surface area is 201 Å². The Morgan fingerprint density at radius 3 is 2.12 bits per heavy atom. The van der Waals surface area contributed by atoms with Gasteiger partial charge in [-0.05, 0) is 61.3 Å². The Kier molecular flexibility index (Phi) is 13.4. The molecule has 1 unspecified atom stereocenters. The molecule has 0 spiro atoms. The van der Waals surface area contributed by atoms with Crippen LogP contribution < -0.4 is 4.74 Å². The molecule has 1 atom stereocenters. The van der Waals surface area contributed by atoms with Crippen LogP contribution in [0, 0.1) is 0 Å². The second kappa shape index (κ2) is 16.3. The fraction of sp³-hybridized carbons (Fsp3) is 0.567. The number of hydrogen-bond donors (Lipinski definition) is 0. The van der Waals surface area contributed by atoms with E-state index in [9.17, 15) is 4.79 Å². The quantitative estimate of drug-likeness (QED) is 0.144. The summed E-state index contributed by atoms with van der Waals surface area (Å²) >= 11 is 0. The van der Waals surface area contributed by atoms with Gasteiger partial charge in [0.15, 0.2) is 0 Å². The molecule has 0 saturated heterocycles. The maximum atomic E-state index is 12.9. The second-order valence-electron chi connectivity index (χ2n) is 9.03. The molecule has 0 radical (unpaired) electrons. The SMILES string of the molecule is CCCCCCCCC(OC(=O)Oc1cccc(CCCC)c1CCCC)c1ccccc1. The van der Waals surface area contributed by atoms with Gasteiger partial charge in [0, 0.05) is 0 Å². The van der Waals surface area contributed by atoms with E-state index in [1.807, 2.05) is 42.5 Å². The monoisotopic (exact) mass is 452 g/mol. The summed E-state index contributed by atoms with van der Waals surface area (Å²) in [4.78, 5) is 12.9. The molecule has 3 heteroatoms. The minimum Gasteiger partial charge on any atom is -0.426 e. The van der Waals surface area contributed by atoms with E-state index in [1.165, 1.54) is 37.7 Å². The Bertz CT molecular complexity index is 784. The Morgan fingerprint density at radius 2 is 1.39 bits per heavy atom. The van der Waals surface area contributed by atoms with Gasteiger partial charge >= 0.3 is 6.16 Å². The predicted molar refractivity (Wildman–Crippen MR) is 138 cm³/mol. The molecule has 0 aliphatic heterocycles. The summed E-state index contributed by atoms with van der Waals surface area (Å²) in [6.07, 6.45) is 13.7. The molecule has 0 aromatic heterocycles. The topological polar surface area (TPSA) is 35.5 Å². The minimum atomic E-state index is -0.597. The Hall–Kier alpha value is -2.29. The summed E-state index contributed by atoms with van der Waals surface area (Å²) in [6.45, 7) is 6.63. The van der Waals surface area contributed by atoms with Crippen molar-refractivity contribution < 1.29 is 14.3 Å². The minimum absolute atomic E-state index is 0.271. The summed E-state index contributed by atoms with van der Waals surface area (Å²) in [6, 6.07) is 16.1. The molecule has 2 aromatic rings. The lowest BCUT2D eigenvalue weighted by atomic mass is 9.97. The number of aryl methyl sites for hydroxylation is 1. The summed E-state index contributed by atoms with van der Waals surface area (Å²) in [7, 11) is 0. The highest BCUT2D eigenvalue weighted by atomic mass is 16.7. The number of benzene rings is 2. The molecule has 0 N–H and O–H groups in total. The standard InChI is InChI=1S/C30H44O3/c1-4-7-10-11-12-16-23-28(26-19-14-13-15-20-26)32-30(31)33-29-24-17-21-25(18-8-5-2)27(29)22-9-6-3/h13-15,17,19-21,24,28H,4-12,16,18,22-23H2,1-3H3. The molecular formula is C30H44O3. The van der Waals surface area contributed by atoms with Gasteiger partial charge < -0.3 is 9.47 Å². The van der Waals surface area contributed by atoms with E-state index in [0.717, 1.165) is 62.5 Å². The van der Waals surface area contributed by atoms with Crippen LogP contribution in [0.3, 0.4) is 0 Å². The molecule has 0 fully saturated rings. The molecular weight excluding hydrogens is 408 g/mol. The third kappa shape index (κ3) is 10.0. The highest BCUT2D eigenvalue weighted by Crippen LogP contribution is 2.29. The zero-order valence-electron chi connectivity index (χ0n) is 21.1. The van der Waals surface area contributed by atoms with E-state index in [4.69, 9.17) is 9.47 Å². The largest absolute Gasteiger partial charge is 0.514 e. The summed E-state index contributed by atoms with van der Waals surface area (Å²) in [5, 5.41) is 0. The van der Waals surface area contributed by atoms with Crippen LogP contribution in [0.25, 0.3) is 0 Å². The summed E-state index contributed by atoms with van der Waals surface area (Å²) in [5.74, 6) is 0.661. The maximum absolute atomic E-state index is 12.9. The van der Waals surface area contributed by atoms with E-state index in [2.05, 4.69) is 26.8 Å². The molecule has 2 rings (SSSR count). The molecule has 33 heavy (non-hydrogen) atoms. The van der Waals surface area contributed by atoms with Gasteiger partial charge in [-0.2, -0.15) is 0 Å². The van der Waals surface area contributed by atoms with Crippen LogP contribution in [0.4, 0.5) is 4.79 Å². The van der Waals surface area contributed by atoms with Crippen molar-refractivity contribution in [1.29, 1.82) is 0 Å². The van der Waals surface area contributed by atoms with Gasteiger partial charge in [0.05, 0.1) is 0 Å². The normalized spacial score (nSPS) is 11.8. The van der Waals surface area contributed by atoms with Crippen LogP contribution in [0.1, 0.15) is 114 Å². The lowest BCUT2D eigenvalue weighted by Gasteiger charge is -2.19. The number of carbonyl (C=O) groups is 1. The Morgan fingerprint density at radius 1 is 0.727 bits per heavy atom. The molecule has 0 aliphatic rings. The molecule has 182 valence electrons. The van der Waals surface area contributed by atoms with E-state index in [0.29, 0.717) is 5.75 Å². The fourth-order valence-corrected chi connectivity index (χ4v) is 4.25. The fourth-order valence-electron chi connectivity index (χ4n) is 4.25. The van der Waals surface area contributed by atoms with Gasteiger partial charge in [-0.15, -0.1) is 0 Å². The first kappa shape index (κ1) is 27.0. The van der Waals surface area contributed by atoms with Crippen LogP contribution in [0.5, 0.6) is 5.75 Å². The van der Waals surface area contributed by atoms with Crippen molar-refractivity contribution >= 4 is 6.16 Å². The first-order chi connectivity index (χ1) is 16.2. The van der Waals surface area contributed by atoms with Crippen molar-refractivity contribution in [3.05, 3.63) is 65.2 Å². The number of hydrogen-bond acceptors (Lipinski definition) is 3. The van der Waals surface area contributed by atoms with Gasteiger partial charge in [0.1, 0.15) is 11.9 Å². The van der Waals surface area contributed by atoms with Crippen molar-refractivity contribution in [3.63, 3.8) is 0 Å². The molecule has 0 amide bonds. The molecule has 3 nitrogen and oxygen atoms in total. The number of rotatable bonds is 16. The van der Waals surface area contributed by atoms with Crippen molar-refractivity contribution in [3.8, 4) is 5.75 Å². The molecule has 0 aliphatic carbocycles. The molecule has 2 aromatic carbocycles. The zero-order chi connectivity index (χ0) is 23.7. The Balaban J connectivity index is 2.06. The van der Waals surface area contributed by atoms with Gasteiger partial charge in [-0.25, -0.2) is 4.79 Å². The van der Waals surface area contributed by atoms with Gasteiger partial charge in [-0.3, -0.25) is 0 Å². The summed E-state index contributed by atoms with van der Waals surface area (Å²) < 4.78 is 11.7. The molecule has 0 saturated carbocycles. The highest BCUT2D eigenvalue weighted by molar-refractivity contribution is 5.65. The summed E-state index contributed by atoms with van der Waals surface area (Å²) in [5.41, 5.74) is 3.49. The number of carbonyl (C=O) groups excluding carboxylic acids is 1. The van der Waals surface area contributed by atoms with Crippen LogP contribution in [-0.4, -0.2) is 6.16 Å². The lowest BCUT2D eigenvalue weighted by molar-refractivity contribution is 0.0525. The van der Waals surface area contributed by atoms with Crippen molar-refractivity contribution in [2.75, 3.05) is 0 Å². The van der Waals surface area contributed by atoms with Crippen LogP contribution in [0.2, 0.25) is 0 Å². The van der Waals surface area contributed by atoms with Crippen molar-refractivity contribution in [2.24, 2.45) is 0 Å². The predicted octanol–water partition coefficient (Wildman–Crippen LogP) is 9.38. The first-order valence-electron chi connectivity index (χ1n) is 13.2. The lowest BCUT2D eigenvalue weighted by Crippen LogP contribution is -2.16. The highest BCUT2D eigenvalue weighted by Gasteiger charge is 2.20. The van der Waals surface area contributed by atoms with E-state index in [-0.39, 0.29) is 6.10 Å². The second-order valence-corrected chi connectivity index (χ2v) is 9.03. The first-order valence-corrected chi connectivity index (χ1v) is 13.2. The third-order valence-electron chi connectivity index (χ3n) is 6.23. The van der Waals surface area contributed by atoms with Crippen LogP contribution in [0.15, 0.2) is 48.5 Å².